The first kappa shape index (κ1) is 16.0. The second-order valence-corrected chi connectivity index (χ2v) is 7.68. The predicted molar refractivity (Wildman–Crippen MR) is 88.6 cm³/mol. The summed E-state index contributed by atoms with van der Waals surface area (Å²) in [6, 6.07) is 7.43. The molecule has 0 amide bonds. The highest BCUT2D eigenvalue weighted by Crippen LogP contribution is 2.24. The zero-order valence-corrected chi connectivity index (χ0v) is 13.6. The van der Waals surface area contributed by atoms with Crippen LogP contribution >= 0.6 is 12.2 Å². The molecule has 0 saturated carbocycles. The molecule has 1 aliphatic rings. The number of nitrogens with one attached hydrogen (secondary N) is 2. The molecule has 5 nitrogen and oxygen atoms in total. The Kier molecular flexibility index (Phi) is 5.41. The monoisotopic (exact) mass is 328 g/mol. The fourth-order valence-electron chi connectivity index (χ4n) is 2.16. The van der Waals surface area contributed by atoms with E-state index in [1.54, 1.807) is 0 Å². The van der Waals surface area contributed by atoms with Gasteiger partial charge in [-0.15, -0.1) is 0 Å². The van der Waals surface area contributed by atoms with Crippen molar-refractivity contribution in [2.24, 2.45) is 0 Å². The number of rotatable bonds is 5. The largest absolute Gasteiger partial charge is 0.491 e. The Morgan fingerprint density at radius 3 is 2.86 bits per heavy atom. The smallest absolute Gasteiger partial charge is 0.171 e. The molecule has 1 aromatic rings. The number of thiocarbonyl (C=S) groups is 1. The van der Waals surface area contributed by atoms with Crippen molar-refractivity contribution in [3.8, 4) is 5.75 Å². The first-order valence-corrected chi connectivity index (χ1v) is 9.23. The average Bonchev–Trinajstić information content (AvgIpc) is 2.76. The van der Waals surface area contributed by atoms with Crippen LogP contribution in [0.1, 0.15) is 19.8 Å². The maximum absolute atomic E-state index is 11.4. The Balaban J connectivity index is 1.93. The van der Waals surface area contributed by atoms with E-state index < -0.39 is 9.84 Å². The third-order valence-electron chi connectivity index (χ3n) is 3.16. The van der Waals surface area contributed by atoms with E-state index >= 15 is 0 Å². The highest BCUT2D eigenvalue weighted by Gasteiger charge is 2.28. The van der Waals surface area contributed by atoms with Crippen molar-refractivity contribution in [1.82, 2.24) is 5.32 Å². The van der Waals surface area contributed by atoms with Crippen LogP contribution < -0.4 is 15.4 Å². The molecule has 2 rings (SSSR count). The van der Waals surface area contributed by atoms with Crippen LogP contribution in [-0.4, -0.2) is 37.7 Å². The Bertz CT molecular complexity index is 602. The van der Waals surface area contributed by atoms with Gasteiger partial charge in [-0.1, -0.05) is 19.1 Å². The van der Waals surface area contributed by atoms with Crippen molar-refractivity contribution < 1.29 is 13.2 Å². The van der Waals surface area contributed by atoms with Crippen LogP contribution in [0.25, 0.3) is 0 Å². The zero-order chi connectivity index (χ0) is 15.3. The van der Waals surface area contributed by atoms with Crippen molar-refractivity contribution in [3.63, 3.8) is 0 Å². The number of ether oxygens (including phenoxy) is 1. The molecule has 0 bridgehead atoms. The Morgan fingerprint density at radius 2 is 2.19 bits per heavy atom. The maximum Gasteiger partial charge on any atom is 0.171 e. The maximum atomic E-state index is 11.4. The first-order valence-electron chi connectivity index (χ1n) is 7.00. The van der Waals surface area contributed by atoms with Gasteiger partial charge < -0.3 is 15.4 Å². The van der Waals surface area contributed by atoms with E-state index in [-0.39, 0.29) is 17.5 Å². The molecular formula is C14H20N2O3S2. The molecule has 0 aliphatic carbocycles. The summed E-state index contributed by atoms with van der Waals surface area (Å²) in [6.45, 7) is 2.68. The van der Waals surface area contributed by atoms with Crippen LogP contribution in [0.4, 0.5) is 5.69 Å². The molecule has 0 spiro atoms. The van der Waals surface area contributed by atoms with E-state index in [0.717, 1.165) is 17.9 Å². The van der Waals surface area contributed by atoms with Crippen LogP contribution in [-0.2, 0) is 9.84 Å². The second-order valence-electron chi connectivity index (χ2n) is 5.04. The van der Waals surface area contributed by atoms with E-state index in [0.29, 0.717) is 18.1 Å². The summed E-state index contributed by atoms with van der Waals surface area (Å²) < 4.78 is 28.5. The average molecular weight is 328 g/mol. The summed E-state index contributed by atoms with van der Waals surface area (Å²) >= 11 is 5.25. The molecule has 0 radical (unpaired) electrons. The summed E-state index contributed by atoms with van der Waals surface area (Å²) in [5.41, 5.74) is 0.782. The molecule has 1 atom stereocenters. The minimum atomic E-state index is -2.91. The number of hydrogen-bond donors (Lipinski definition) is 2. The topological polar surface area (TPSA) is 67.4 Å². The SMILES string of the molecule is CCCOc1ccccc1NC(=S)NC1CCS(=O)(=O)C1. The van der Waals surface area contributed by atoms with Crippen LogP contribution in [0.5, 0.6) is 5.75 Å². The van der Waals surface area contributed by atoms with Gasteiger partial charge in [0.1, 0.15) is 5.75 Å². The number of sulfone groups is 1. The molecule has 1 saturated heterocycles. The van der Waals surface area contributed by atoms with Crippen molar-refractivity contribution >= 4 is 32.9 Å². The van der Waals surface area contributed by atoms with Crippen LogP contribution in [0, 0.1) is 0 Å². The van der Waals surface area contributed by atoms with Gasteiger partial charge in [-0.05, 0) is 37.2 Å². The zero-order valence-electron chi connectivity index (χ0n) is 12.0. The summed E-state index contributed by atoms with van der Waals surface area (Å²) in [7, 11) is -2.91. The molecule has 1 aliphatic heterocycles. The normalized spacial score (nSPS) is 20.0. The van der Waals surface area contributed by atoms with Crippen molar-refractivity contribution in [3.05, 3.63) is 24.3 Å². The standard InChI is InChI=1S/C14H20N2O3S2/c1-2-8-19-13-6-4-3-5-12(13)16-14(20)15-11-7-9-21(17,18)10-11/h3-6,11H,2,7-10H2,1H3,(H2,15,16,20). The third kappa shape index (κ3) is 4.86. The van der Waals surface area contributed by atoms with Gasteiger partial charge >= 0.3 is 0 Å². The van der Waals surface area contributed by atoms with Crippen molar-refractivity contribution in [2.75, 3.05) is 23.4 Å². The van der Waals surface area contributed by atoms with Gasteiger partial charge in [0.15, 0.2) is 14.9 Å². The molecule has 1 heterocycles. The lowest BCUT2D eigenvalue weighted by Crippen LogP contribution is -2.38. The molecule has 1 unspecified atom stereocenters. The molecule has 1 fully saturated rings. The molecule has 2 N–H and O–H groups in total. The van der Waals surface area contributed by atoms with E-state index in [1.807, 2.05) is 31.2 Å². The fourth-order valence-corrected chi connectivity index (χ4v) is 4.11. The van der Waals surface area contributed by atoms with E-state index in [9.17, 15) is 8.42 Å². The quantitative estimate of drug-likeness (QED) is 0.805. The van der Waals surface area contributed by atoms with Gasteiger partial charge in [-0.2, -0.15) is 0 Å². The van der Waals surface area contributed by atoms with E-state index in [2.05, 4.69) is 10.6 Å². The lowest BCUT2D eigenvalue weighted by molar-refractivity contribution is 0.319. The number of hydrogen-bond acceptors (Lipinski definition) is 4. The Hall–Kier alpha value is -1.34. The summed E-state index contributed by atoms with van der Waals surface area (Å²) in [5, 5.41) is 6.55. The lowest BCUT2D eigenvalue weighted by atomic mass is 10.2. The van der Waals surface area contributed by atoms with Gasteiger partial charge in [0.05, 0.1) is 23.8 Å². The summed E-state index contributed by atoms with van der Waals surface area (Å²) in [4.78, 5) is 0. The van der Waals surface area contributed by atoms with Crippen LogP contribution in [0.2, 0.25) is 0 Å². The molecule has 1 aromatic carbocycles. The molecule has 0 aromatic heterocycles. The van der Waals surface area contributed by atoms with Gasteiger partial charge in [0, 0.05) is 6.04 Å². The number of benzene rings is 1. The Labute approximate surface area is 131 Å². The van der Waals surface area contributed by atoms with Gasteiger partial charge in [0.2, 0.25) is 0 Å². The van der Waals surface area contributed by atoms with Crippen molar-refractivity contribution in [1.29, 1.82) is 0 Å². The van der Waals surface area contributed by atoms with Gasteiger partial charge in [0.25, 0.3) is 0 Å². The summed E-state index contributed by atoms with van der Waals surface area (Å²) in [5.74, 6) is 1.11. The first-order chi connectivity index (χ1) is 10.00. The van der Waals surface area contributed by atoms with E-state index in [4.69, 9.17) is 17.0 Å². The fraction of sp³-hybridized carbons (Fsp3) is 0.500. The predicted octanol–water partition coefficient (Wildman–Crippen LogP) is 1.95. The molecule has 21 heavy (non-hydrogen) atoms. The molecule has 7 heteroatoms. The third-order valence-corrected chi connectivity index (χ3v) is 5.15. The van der Waals surface area contributed by atoms with Gasteiger partial charge in [-0.25, -0.2) is 8.42 Å². The minimum absolute atomic E-state index is 0.112. The lowest BCUT2D eigenvalue weighted by Gasteiger charge is -2.17. The summed E-state index contributed by atoms with van der Waals surface area (Å²) in [6.07, 6.45) is 1.52. The molecule has 116 valence electrons. The van der Waals surface area contributed by atoms with Crippen LogP contribution in [0.15, 0.2) is 24.3 Å². The van der Waals surface area contributed by atoms with Crippen LogP contribution in [0.3, 0.4) is 0 Å². The number of anilines is 1. The molecular weight excluding hydrogens is 308 g/mol. The van der Waals surface area contributed by atoms with Crippen molar-refractivity contribution in [2.45, 2.75) is 25.8 Å². The van der Waals surface area contributed by atoms with E-state index in [1.165, 1.54) is 0 Å². The van der Waals surface area contributed by atoms with Gasteiger partial charge in [-0.3, -0.25) is 0 Å². The minimum Gasteiger partial charge on any atom is -0.491 e. The highest BCUT2D eigenvalue weighted by atomic mass is 32.2. The highest BCUT2D eigenvalue weighted by molar-refractivity contribution is 7.91. The second kappa shape index (κ2) is 7.09. The Morgan fingerprint density at radius 1 is 1.43 bits per heavy atom. The number of para-hydroxylation sites is 2.